The molecule has 7 nitrogen and oxygen atoms in total. The zero-order valence-electron chi connectivity index (χ0n) is 14.8. The number of carboxylic acids is 1. The second-order valence-electron chi connectivity index (χ2n) is 7.18. The normalized spacial score (nSPS) is 20.6. The number of carbonyl (C=O) groups excluding carboxylic acids is 2. The maximum absolute atomic E-state index is 11.9. The first-order chi connectivity index (χ1) is 12.1. The van der Waals surface area contributed by atoms with Crippen molar-refractivity contribution in [3.8, 4) is 0 Å². The van der Waals surface area contributed by atoms with E-state index >= 15 is 0 Å². The molecular weight excluding hydrogens is 324 g/mol. The third-order valence-electron chi connectivity index (χ3n) is 5.32. The van der Waals surface area contributed by atoms with Gasteiger partial charge in [0.25, 0.3) is 0 Å². The van der Waals surface area contributed by atoms with Crippen LogP contribution in [0.5, 0.6) is 0 Å². The zero-order chi connectivity index (χ0) is 18.1. The van der Waals surface area contributed by atoms with Crippen molar-refractivity contribution in [2.75, 3.05) is 26.3 Å². The quantitative estimate of drug-likeness (QED) is 0.610. The molecule has 1 aliphatic heterocycles. The highest BCUT2D eigenvalue weighted by Gasteiger charge is 2.30. The van der Waals surface area contributed by atoms with Crippen LogP contribution in [0, 0.1) is 17.8 Å². The topological polar surface area (TPSA) is 105 Å². The van der Waals surface area contributed by atoms with Gasteiger partial charge < -0.3 is 20.5 Å². The van der Waals surface area contributed by atoms with Crippen molar-refractivity contribution >= 4 is 17.8 Å². The Morgan fingerprint density at radius 1 is 0.960 bits per heavy atom. The second kappa shape index (κ2) is 10.4. The molecule has 0 spiro atoms. The summed E-state index contributed by atoms with van der Waals surface area (Å²) < 4.78 is 5.25. The summed E-state index contributed by atoms with van der Waals surface area (Å²) in [7, 11) is 0. The highest BCUT2D eigenvalue weighted by Crippen LogP contribution is 2.26. The SMILES string of the molecule is O=C(CNC(=O)CC1CCCCC1)NCC(C(=O)O)C1CCOCC1. The summed E-state index contributed by atoms with van der Waals surface area (Å²) in [5.41, 5.74) is 0. The molecule has 1 unspecified atom stereocenters. The summed E-state index contributed by atoms with van der Waals surface area (Å²) in [5, 5.41) is 14.7. The molecule has 0 aromatic rings. The molecule has 3 N–H and O–H groups in total. The van der Waals surface area contributed by atoms with Gasteiger partial charge >= 0.3 is 5.97 Å². The third-order valence-corrected chi connectivity index (χ3v) is 5.32. The van der Waals surface area contributed by atoms with E-state index < -0.39 is 11.9 Å². The Morgan fingerprint density at radius 2 is 1.64 bits per heavy atom. The molecule has 0 radical (unpaired) electrons. The summed E-state index contributed by atoms with van der Waals surface area (Å²) in [4.78, 5) is 35.3. The molecule has 2 aliphatic rings. The standard InChI is InChI=1S/C18H30N2O5/c21-16(10-13-4-2-1-3-5-13)20-12-17(22)19-11-15(18(23)24)14-6-8-25-9-7-14/h13-15H,1-12H2,(H,19,22)(H,20,21)(H,23,24). The van der Waals surface area contributed by atoms with Crippen LogP contribution < -0.4 is 10.6 Å². The molecule has 7 heteroatoms. The van der Waals surface area contributed by atoms with Crippen LogP contribution in [-0.2, 0) is 19.1 Å². The van der Waals surface area contributed by atoms with E-state index in [1.807, 2.05) is 0 Å². The Labute approximate surface area is 148 Å². The monoisotopic (exact) mass is 354 g/mol. The summed E-state index contributed by atoms with van der Waals surface area (Å²) in [6.45, 7) is 1.14. The molecule has 0 bridgehead atoms. The van der Waals surface area contributed by atoms with Crippen LogP contribution in [0.15, 0.2) is 0 Å². The Kier molecular flexibility index (Phi) is 8.18. The fourth-order valence-corrected chi connectivity index (χ4v) is 3.76. The minimum absolute atomic E-state index is 0.0208. The van der Waals surface area contributed by atoms with Gasteiger partial charge in [0.1, 0.15) is 0 Å². The number of nitrogens with one attached hydrogen (secondary N) is 2. The van der Waals surface area contributed by atoms with Crippen LogP contribution in [0.1, 0.15) is 51.4 Å². The van der Waals surface area contributed by atoms with Gasteiger partial charge in [-0.15, -0.1) is 0 Å². The average molecular weight is 354 g/mol. The van der Waals surface area contributed by atoms with Gasteiger partial charge in [-0.2, -0.15) is 0 Å². The van der Waals surface area contributed by atoms with Gasteiger partial charge in [-0.25, -0.2) is 0 Å². The predicted octanol–water partition coefficient (Wildman–Crippen LogP) is 1.32. The van der Waals surface area contributed by atoms with Crippen LogP contribution in [0.25, 0.3) is 0 Å². The van der Waals surface area contributed by atoms with Crippen LogP contribution in [0.4, 0.5) is 0 Å². The number of aliphatic carboxylic acids is 1. The molecule has 1 atom stereocenters. The van der Waals surface area contributed by atoms with E-state index in [1.54, 1.807) is 0 Å². The fourth-order valence-electron chi connectivity index (χ4n) is 3.76. The largest absolute Gasteiger partial charge is 0.481 e. The summed E-state index contributed by atoms with van der Waals surface area (Å²) >= 11 is 0. The van der Waals surface area contributed by atoms with Gasteiger partial charge in [0.05, 0.1) is 12.5 Å². The summed E-state index contributed by atoms with van der Waals surface area (Å²) in [6.07, 6.45) is 7.67. The predicted molar refractivity (Wildman–Crippen MR) is 91.9 cm³/mol. The molecule has 1 aliphatic carbocycles. The molecule has 1 heterocycles. The fraction of sp³-hybridized carbons (Fsp3) is 0.833. The molecule has 25 heavy (non-hydrogen) atoms. The molecule has 2 fully saturated rings. The number of ether oxygens (including phenoxy) is 1. The third kappa shape index (κ3) is 7.02. The van der Waals surface area contributed by atoms with E-state index in [9.17, 15) is 19.5 Å². The van der Waals surface area contributed by atoms with Crippen molar-refractivity contribution in [2.24, 2.45) is 17.8 Å². The number of hydrogen-bond acceptors (Lipinski definition) is 4. The zero-order valence-corrected chi connectivity index (χ0v) is 14.8. The minimum Gasteiger partial charge on any atom is -0.481 e. The molecular formula is C18H30N2O5. The van der Waals surface area contributed by atoms with E-state index in [2.05, 4.69) is 10.6 Å². The van der Waals surface area contributed by atoms with Crippen LogP contribution in [-0.4, -0.2) is 49.2 Å². The first-order valence-corrected chi connectivity index (χ1v) is 9.40. The first-order valence-electron chi connectivity index (χ1n) is 9.40. The average Bonchev–Trinajstić information content (AvgIpc) is 2.61. The van der Waals surface area contributed by atoms with E-state index in [4.69, 9.17) is 4.74 Å². The second-order valence-corrected chi connectivity index (χ2v) is 7.18. The number of carbonyl (C=O) groups is 3. The van der Waals surface area contributed by atoms with E-state index in [0.29, 0.717) is 38.4 Å². The van der Waals surface area contributed by atoms with Gasteiger partial charge in [-0.1, -0.05) is 19.3 Å². The summed E-state index contributed by atoms with van der Waals surface area (Å²) in [5.74, 6) is -1.48. The maximum atomic E-state index is 11.9. The Balaban J connectivity index is 1.66. The summed E-state index contributed by atoms with van der Waals surface area (Å²) in [6, 6.07) is 0. The van der Waals surface area contributed by atoms with Crippen LogP contribution >= 0.6 is 0 Å². The minimum atomic E-state index is -0.895. The lowest BCUT2D eigenvalue weighted by Crippen LogP contribution is -2.43. The van der Waals surface area contributed by atoms with Crippen LogP contribution in [0.3, 0.4) is 0 Å². The van der Waals surface area contributed by atoms with Gasteiger partial charge in [-0.3, -0.25) is 14.4 Å². The number of amides is 2. The number of rotatable bonds is 8. The molecule has 1 saturated carbocycles. The van der Waals surface area contributed by atoms with Gasteiger partial charge in [0, 0.05) is 26.2 Å². The Morgan fingerprint density at radius 3 is 2.28 bits per heavy atom. The van der Waals surface area contributed by atoms with Gasteiger partial charge in [0.15, 0.2) is 0 Å². The van der Waals surface area contributed by atoms with Crippen molar-refractivity contribution in [1.82, 2.24) is 10.6 Å². The van der Waals surface area contributed by atoms with Crippen molar-refractivity contribution in [3.05, 3.63) is 0 Å². The molecule has 2 rings (SSSR count). The van der Waals surface area contributed by atoms with Crippen molar-refractivity contribution in [2.45, 2.75) is 51.4 Å². The number of carboxylic acid groups (broad SMARTS) is 1. The molecule has 2 amide bonds. The molecule has 1 saturated heterocycles. The van der Waals surface area contributed by atoms with E-state index in [-0.39, 0.29) is 30.8 Å². The van der Waals surface area contributed by atoms with Crippen LogP contribution in [0.2, 0.25) is 0 Å². The Hall–Kier alpha value is -1.63. The van der Waals surface area contributed by atoms with Crippen molar-refractivity contribution < 1.29 is 24.2 Å². The molecule has 142 valence electrons. The lowest BCUT2D eigenvalue weighted by molar-refractivity contribution is -0.145. The van der Waals surface area contributed by atoms with Crippen molar-refractivity contribution in [1.29, 1.82) is 0 Å². The van der Waals surface area contributed by atoms with E-state index in [1.165, 1.54) is 19.3 Å². The maximum Gasteiger partial charge on any atom is 0.308 e. The first kappa shape index (κ1) is 19.7. The smallest absolute Gasteiger partial charge is 0.308 e. The highest BCUT2D eigenvalue weighted by molar-refractivity contribution is 5.85. The van der Waals surface area contributed by atoms with E-state index in [0.717, 1.165) is 12.8 Å². The lowest BCUT2D eigenvalue weighted by Gasteiger charge is -2.27. The lowest BCUT2D eigenvalue weighted by atomic mass is 9.86. The van der Waals surface area contributed by atoms with Crippen molar-refractivity contribution in [3.63, 3.8) is 0 Å². The number of hydrogen-bond donors (Lipinski definition) is 3. The van der Waals surface area contributed by atoms with Gasteiger partial charge in [0.2, 0.25) is 11.8 Å². The molecule has 0 aromatic carbocycles. The van der Waals surface area contributed by atoms with Gasteiger partial charge in [-0.05, 0) is 37.5 Å². The Bertz CT molecular complexity index is 456. The highest BCUT2D eigenvalue weighted by atomic mass is 16.5. The molecule has 0 aromatic heterocycles.